The maximum atomic E-state index is 13.4. The Morgan fingerprint density at radius 1 is 0.927 bits per heavy atom. The fraction of sp³-hybridized carbons (Fsp3) is 0.364. The first-order valence-electron chi connectivity index (χ1n) is 14.1. The molecule has 5 rings (SSSR count). The highest BCUT2D eigenvalue weighted by Gasteiger charge is 2.40. The van der Waals surface area contributed by atoms with Gasteiger partial charge in [0.05, 0.1) is 19.1 Å². The summed E-state index contributed by atoms with van der Waals surface area (Å²) in [5, 5.41) is 14.9. The fourth-order valence-corrected chi connectivity index (χ4v) is 5.86. The lowest BCUT2D eigenvalue weighted by Gasteiger charge is -2.41. The van der Waals surface area contributed by atoms with E-state index in [1.54, 1.807) is 6.92 Å². The first-order chi connectivity index (χ1) is 19.8. The van der Waals surface area contributed by atoms with Gasteiger partial charge in [-0.3, -0.25) is 9.59 Å². The van der Waals surface area contributed by atoms with Crippen LogP contribution < -0.4 is 10.6 Å². The third kappa shape index (κ3) is 6.60. The lowest BCUT2D eigenvalue weighted by atomic mass is 9.66. The third-order valence-corrected chi connectivity index (χ3v) is 8.30. The highest BCUT2D eigenvalue weighted by Crippen LogP contribution is 2.45. The number of rotatable bonds is 12. The number of carboxylic acid groups (broad SMARTS) is 1. The number of benzene rings is 3. The van der Waals surface area contributed by atoms with Gasteiger partial charge in [-0.05, 0) is 53.0 Å². The minimum Gasteiger partial charge on any atom is -0.481 e. The van der Waals surface area contributed by atoms with Gasteiger partial charge in [0, 0.05) is 12.5 Å². The molecule has 3 aromatic carbocycles. The van der Waals surface area contributed by atoms with Gasteiger partial charge in [0.2, 0.25) is 5.91 Å². The maximum absolute atomic E-state index is 13.4. The number of alkyl carbamates (subject to hydrolysis) is 1. The number of fused-ring (bicyclic) bond motifs is 3. The summed E-state index contributed by atoms with van der Waals surface area (Å²) in [5.41, 5.74) is 4.94. The van der Waals surface area contributed by atoms with Gasteiger partial charge in [-0.25, -0.2) is 4.79 Å². The molecular formula is C33H36N2O6. The molecule has 0 bridgehead atoms. The summed E-state index contributed by atoms with van der Waals surface area (Å²) in [7, 11) is 0. The quantitative estimate of drug-likeness (QED) is 0.280. The number of carboxylic acids is 1. The Balaban J connectivity index is 1.25. The Morgan fingerprint density at radius 2 is 1.54 bits per heavy atom. The molecule has 0 spiro atoms. The van der Waals surface area contributed by atoms with E-state index in [-0.39, 0.29) is 32.1 Å². The third-order valence-electron chi connectivity index (χ3n) is 8.30. The van der Waals surface area contributed by atoms with Crippen LogP contribution >= 0.6 is 0 Å². The molecule has 1 saturated carbocycles. The van der Waals surface area contributed by atoms with Gasteiger partial charge < -0.3 is 25.2 Å². The van der Waals surface area contributed by atoms with Gasteiger partial charge in [0.25, 0.3) is 0 Å². The Labute approximate surface area is 240 Å². The van der Waals surface area contributed by atoms with E-state index in [0.717, 1.165) is 47.1 Å². The number of ether oxygens (including phenoxy) is 2. The second-order valence-corrected chi connectivity index (χ2v) is 11.1. The van der Waals surface area contributed by atoms with Crippen molar-refractivity contribution in [1.29, 1.82) is 0 Å². The zero-order chi connectivity index (χ0) is 28.8. The van der Waals surface area contributed by atoms with E-state index in [9.17, 15) is 19.5 Å². The monoisotopic (exact) mass is 556 g/mol. The number of carbonyl (C=O) groups is 3. The summed E-state index contributed by atoms with van der Waals surface area (Å²) in [6.45, 7) is 2.34. The van der Waals surface area contributed by atoms with Crippen LogP contribution in [0.1, 0.15) is 55.2 Å². The normalized spacial score (nSPS) is 16.4. The van der Waals surface area contributed by atoms with Gasteiger partial charge in [-0.2, -0.15) is 0 Å². The van der Waals surface area contributed by atoms with Crippen molar-refractivity contribution in [3.63, 3.8) is 0 Å². The smallest absolute Gasteiger partial charge is 0.407 e. The van der Waals surface area contributed by atoms with Crippen LogP contribution in [0.3, 0.4) is 0 Å². The molecule has 1 fully saturated rings. The first kappa shape index (κ1) is 28.4. The van der Waals surface area contributed by atoms with E-state index in [1.165, 1.54) is 0 Å². The molecule has 8 nitrogen and oxygen atoms in total. The molecule has 41 heavy (non-hydrogen) atoms. The Kier molecular flexibility index (Phi) is 8.69. The first-order valence-corrected chi connectivity index (χ1v) is 14.1. The number of nitrogens with one attached hydrogen (secondary N) is 2. The minimum absolute atomic E-state index is 0.00217. The molecule has 8 heteroatoms. The zero-order valence-corrected chi connectivity index (χ0v) is 23.2. The topological polar surface area (TPSA) is 114 Å². The molecule has 3 N–H and O–H groups in total. The molecule has 2 amide bonds. The van der Waals surface area contributed by atoms with Gasteiger partial charge >= 0.3 is 12.1 Å². The molecular weight excluding hydrogens is 520 g/mol. The van der Waals surface area contributed by atoms with E-state index in [0.29, 0.717) is 0 Å². The summed E-state index contributed by atoms with van der Waals surface area (Å²) in [4.78, 5) is 37.9. The van der Waals surface area contributed by atoms with Crippen LogP contribution in [0.25, 0.3) is 11.1 Å². The Bertz CT molecular complexity index is 1340. The van der Waals surface area contributed by atoms with Crippen molar-refractivity contribution >= 4 is 18.0 Å². The minimum atomic E-state index is -1.03. The van der Waals surface area contributed by atoms with Crippen molar-refractivity contribution in [2.45, 2.75) is 57.3 Å². The molecule has 0 radical (unpaired) electrons. The Hall–Kier alpha value is -4.17. The van der Waals surface area contributed by atoms with Crippen molar-refractivity contribution in [3.8, 4) is 11.1 Å². The maximum Gasteiger partial charge on any atom is 0.407 e. The van der Waals surface area contributed by atoms with Crippen LogP contribution in [-0.4, -0.2) is 48.4 Å². The van der Waals surface area contributed by atoms with E-state index in [1.807, 2.05) is 66.7 Å². The van der Waals surface area contributed by atoms with E-state index in [2.05, 4.69) is 22.8 Å². The Morgan fingerprint density at radius 3 is 2.12 bits per heavy atom. The molecule has 0 aromatic heterocycles. The summed E-state index contributed by atoms with van der Waals surface area (Å²) in [5.74, 6) is -1.43. The van der Waals surface area contributed by atoms with E-state index < -0.39 is 35.5 Å². The summed E-state index contributed by atoms with van der Waals surface area (Å²) >= 11 is 0. The number of amides is 2. The summed E-state index contributed by atoms with van der Waals surface area (Å²) in [6, 6.07) is 24.7. The molecule has 3 aromatic rings. The highest BCUT2D eigenvalue weighted by molar-refractivity contribution is 5.86. The van der Waals surface area contributed by atoms with Crippen LogP contribution in [0.2, 0.25) is 0 Å². The molecule has 2 unspecified atom stereocenters. The van der Waals surface area contributed by atoms with Gasteiger partial charge in [-0.1, -0.05) is 85.3 Å². The van der Waals surface area contributed by atoms with Crippen LogP contribution in [0, 0.1) is 5.41 Å². The average Bonchev–Trinajstić information content (AvgIpc) is 3.28. The molecule has 214 valence electrons. The molecule has 0 aliphatic heterocycles. The highest BCUT2D eigenvalue weighted by atomic mass is 16.5. The zero-order valence-electron chi connectivity index (χ0n) is 23.2. The number of hydrogen-bond acceptors (Lipinski definition) is 5. The van der Waals surface area contributed by atoms with E-state index in [4.69, 9.17) is 9.47 Å². The molecule has 2 aliphatic rings. The molecule has 2 aliphatic carbocycles. The SMILES string of the molecule is CC(OCc1ccccc1)C(NC(=O)OCC1c2ccccc2-c2ccccc21)C(=O)NCC1(CC(=O)O)CCC1. The van der Waals surface area contributed by atoms with Gasteiger partial charge in [0.15, 0.2) is 0 Å². The fourth-order valence-electron chi connectivity index (χ4n) is 5.86. The van der Waals surface area contributed by atoms with Crippen LogP contribution in [0.4, 0.5) is 4.79 Å². The second kappa shape index (κ2) is 12.6. The lowest BCUT2D eigenvalue weighted by Crippen LogP contribution is -2.55. The predicted molar refractivity (Wildman–Crippen MR) is 154 cm³/mol. The standard InChI is InChI=1S/C33H36N2O6/c1-22(40-19-23-10-3-2-4-11-23)30(31(38)34-21-33(16-9-17-33)18-29(36)37)35-32(39)41-20-28-26-14-7-5-12-24(26)25-13-6-8-15-27(25)28/h2-8,10-15,22,28,30H,9,16-21H2,1H3,(H,34,38)(H,35,39)(H,36,37). The second-order valence-electron chi connectivity index (χ2n) is 11.1. The number of aliphatic carboxylic acids is 1. The van der Waals surface area contributed by atoms with Crippen LogP contribution in [0.15, 0.2) is 78.9 Å². The molecule has 0 saturated heterocycles. The lowest BCUT2D eigenvalue weighted by molar-refractivity contribution is -0.142. The van der Waals surface area contributed by atoms with Crippen molar-refractivity contribution in [1.82, 2.24) is 10.6 Å². The predicted octanol–water partition coefficient (Wildman–Crippen LogP) is 5.26. The number of hydrogen-bond donors (Lipinski definition) is 3. The largest absolute Gasteiger partial charge is 0.481 e. The van der Waals surface area contributed by atoms with Gasteiger partial charge in [-0.15, -0.1) is 0 Å². The summed E-state index contributed by atoms with van der Waals surface area (Å²) in [6.07, 6.45) is 1.02. The summed E-state index contributed by atoms with van der Waals surface area (Å²) < 4.78 is 11.7. The molecule has 0 heterocycles. The van der Waals surface area contributed by atoms with Gasteiger partial charge in [0.1, 0.15) is 12.6 Å². The van der Waals surface area contributed by atoms with Crippen LogP contribution in [-0.2, 0) is 25.7 Å². The number of carbonyl (C=O) groups excluding carboxylic acids is 2. The van der Waals surface area contributed by atoms with Crippen molar-refractivity contribution in [3.05, 3.63) is 95.6 Å². The van der Waals surface area contributed by atoms with Crippen LogP contribution in [0.5, 0.6) is 0 Å². The van der Waals surface area contributed by atoms with Crippen molar-refractivity contribution in [2.24, 2.45) is 5.41 Å². The average molecular weight is 557 g/mol. The van der Waals surface area contributed by atoms with Crippen molar-refractivity contribution in [2.75, 3.05) is 13.2 Å². The molecule has 2 atom stereocenters. The van der Waals surface area contributed by atoms with Crippen molar-refractivity contribution < 1.29 is 29.0 Å². The van der Waals surface area contributed by atoms with E-state index >= 15 is 0 Å².